The van der Waals surface area contributed by atoms with Gasteiger partial charge in [-0.25, -0.2) is 0 Å². The zero-order valence-corrected chi connectivity index (χ0v) is 19.7. The summed E-state index contributed by atoms with van der Waals surface area (Å²) in [4.78, 5) is 19.1. The zero-order chi connectivity index (χ0) is 22.9. The molecule has 172 valence electrons. The van der Waals surface area contributed by atoms with Crippen LogP contribution in [0.5, 0.6) is 5.75 Å². The van der Waals surface area contributed by atoms with Gasteiger partial charge < -0.3 is 15.0 Å². The quantitative estimate of drug-likeness (QED) is 0.562. The highest BCUT2D eigenvalue weighted by Crippen LogP contribution is 2.41. The Kier molecular flexibility index (Phi) is 5.98. The highest BCUT2D eigenvalue weighted by atomic mass is 16.5. The molecule has 1 aliphatic carbocycles. The highest BCUT2D eigenvalue weighted by molar-refractivity contribution is 5.99. The molecule has 0 fully saturated rings. The Bertz CT molecular complexity index is 1190. The van der Waals surface area contributed by atoms with Gasteiger partial charge in [0, 0.05) is 42.3 Å². The lowest BCUT2D eigenvalue weighted by Gasteiger charge is -2.42. The van der Waals surface area contributed by atoms with Gasteiger partial charge >= 0.3 is 0 Å². The summed E-state index contributed by atoms with van der Waals surface area (Å²) in [6, 6.07) is 15.2. The number of aromatic amines is 1. The number of amides is 1. The summed E-state index contributed by atoms with van der Waals surface area (Å²) in [5.74, 6) is 0.904. The number of benzene rings is 2. The molecule has 0 unspecified atom stereocenters. The van der Waals surface area contributed by atoms with Crippen LogP contribution in [0.25, 0.3) is 16.5 Å². The van der Waals surface area contributed by atoms with Crippen molar-refractivity contribution in [3.63, 3.8) is 0 Å². The van der Waals surface area contributed by atoms with Crippen molar-refractivity contribution in [2.75, 3.05) is 20.2 Å². The third-order valence-corrected chi connectivity index (χ3v) is 7.32. The van der Waals surface area contributed by atoms with Crippen LogP contribution in [0, 0.1) is 5.92 Å². The second-order valence-corrected chi connectivity index (χ2v) is 9.37. The summed E-state index contributed by atoms with van der Waals surface area (Å²) >= 11 is 0. The summed E-state index contributed by atoms with van der Waals surface area (Å²) in [6.07, 6.45) is 7.19. The minimum Gasteiger partial charge on any atom is -0.496 e. The van der Waals surface area contributed by atoms with Crippen LogP contribution in [0.4, 0.5) is 0 Å². The van der Waals surface area contributed by atoms with Crippen LogP contribution in [-0.4, -0.2) is 48.1 Å². The second-order valence-electron chi connectivity index (χ2n) is 9.37. The van der Waals surface area contributed by atoms with Crippen molar-refractivity contribution in [1.82, 2.24) is 15.2 Å². The van der Waals surface area contributed by atoms with Crippen molar-refractivity contribution < 1.29 is 9.53 Å². The highest BCUT2D eigenvalue weighted by Gasteiger charge is 2.37. The SMILES string of the molecule is CC[C@@H](C)NC(=O)[C@@H]1C=C2c3cccc4[nH]cc(c34)C[C@H]2N(CCc2ccccc2OC)C1. The number of ether oxygens (including phenoxy) is 1. The van der Waals surface area contributed by atoms with Crippen molar-refractivity contribution in [3.05, 3.63) is 71.4 Å². The van der Waals surface area contributed by atoms with E-state index in [0.29, 0.717) is 0 Å². The molecule has 1 aromatic heterocycles. The number of carbonyl (C=O) groups excluding carboxylic acids is 1. The van der Waals surface area contributed by atoms with E-state index in [9.17, 15) is 4.79 Å². The lowest BCUT2D eigenvalue weighted by molar-refractivity contribution is -0.125. The van der Waals surface area contributed by atoms with E-state index in [1.807, 2.05) is 12.1 Å². The van der Waals surface area contributed by atoms with Gasteiger partial charge in [0.15, 0.2) is 0 Å². The maximum Gasteiger partial charge on any atom is 0.228 e. The minimum atomic E-state index is -0.154. The lowest BCUT2D eigenvalue weighted by atomic mass is 9.79. The molecule has 2 heterocycles. The van der Waals surface area contributed by atoms with Crippen LogP contribution in [0.2, 0.25) is 0 Å². The molecule has 3 atom stereocenters. The van der Waals surface area contributed by atoms with Gasteiger partial charge in [-0.05, 0) is 60.6 Å². The van der Waals surface area contributed by atoms with Crippen molar-refractivity contribution in [3.8, 4) is 5.75 Å². The molecular formula is C28H33N3O2. The molecule has 1 aliphatic heterocycles. The van der Waals surface area contributed by atoms with Crippen LogP contribution < -0.4 is 10.1 Å². The fourth-order valence-corrected chi connectivity index (χ4v) is 5.36. The van der Waals surface area contributed by atoms with Gasteiger partial charge in [0.1, 0.15) is 5.75 Å². The molecule has 5 rings (SSSR count). The van der Waals surface area contributed by atoms with Crippen LogP contribution >= 0.6 is 0 Å². The van der Waals surface area contributed by atoms with E-state index < -0.39 is 0 Å². The number of nitrogens with one attached hydrogen (secondary N) is 2. The maximum atomic E-state index is 13.2. The standard InChI is InChI=1S/C28H33N3O2/c1-4-18(2)30-28(32)21-14-23-22-9-7-10-24-27(22)20(16-29-24)15-25(23)31(17-21)13-12-19-8-5-6-11-26(19)33-3/h5-11,14,16,18,21,25,29H,4,12-13,15,17H2,1-3H3,(H,30,32)/t18-,21-,25-/m1/s1. The number of hydrogen-bond donors (Lipinski definition) is 2. The number of H-pyrrole nitrogens is 1. The van der Waals surface area contributed by atoms with Crippen molar-refractivity contribution in [2.24, 2.45) is 5.92 Å². The number of para-hydroxylation sites is 1. The summed E-state index contributed by atoms with van der Waals surface area (Å²) < 4.78 is 5.58. The average Bonchev–Trinajstić information content (AvgIpc) is 3.26. The van der Waals surface area contributed by atoms with Crippen LogP contribution in [0.15, 0.2) is 54.7 Å². The Morgan fingerprint density at radius 3 is 2.91 bits per heavy atom. The first kappa shape index (κ1) is 21.8. The molecule has 3 aromatic rings. The summed E-state index contributed by atoms with van der Waals surface area (Å²) in [5.41, 5.74) is 6.31. The van der Waals surface area contributed by atoms with Gasteiger partial charge in [0.2, 0.25) is 5.91 Å². The first-order valence-electron chi connectivity index (χ1n) is 12.1. The molecule has 0 saturated heterocycles. The maximum absolute atomic E-state index is 13.2. The van der Waals surface area contributed by atoms with E-state index in [4.69, 9.17) is 4.74 Å². The monoisotopic (exact) mass is 443 g/mol. The minimum absolute atomic E-state index is 0.129. The Labute approximate surface area is 195 Å². The molecule has 0 bridgehead atoms. The van der Waals surface area contributed by atoms with E-state index in [1.165, 1.54) is 33.2 Å². The second kappa shape index (κ2) is 9.06. The van der Waals surface area contributed by atoms with E-state index >= 15 is 0 Å². The van der Waals surface area contributed by atoms with Gasteiger partial charge in [-0.15, -0.1) is 0 Å². The predicted molar refractivity (Wildman–Crippen MR) is 133 cm³/mol. The third-order valence-electron chi connectivity index (χ3n) is 7.32. The van der Waals surface area contributed by atoms with E-state index in [-0.39, 0.29) is 23.9 Å². The lowest BCUT2D eigenvalue weighted by Crippen LogP contribution is -2.50. The molecule has 2 N–H and O–H groups in total. The van der Waals surface area contributed by atoms with Crippen LogP contribution in [-0.2, 0) is 17.6 Å². The molecule has 2 aliphatic rings. The van der Waals surface area contributed by atoms with Gasteiger partial charge in [0.05, 0.1) is 13.0 Å². The van der Waals surface area contributed by atoms with Gasteiger partial charge in [-0.2, -0.15) is 0 Å². The Morgan fingerprint density at radius 1 is 1.24 bits per heavy atom. The molecule has 0 spiro atoms. The normalized spacial score (nSPS) is 20.8. The fourth-order valence-electron chi connectivity index (χ4n) is 5.36. The summed E-state index contributed by atoms with van der Waals surface area (Å²) in [6.45, 7) is 5.80. The van der Waals surface area contributed by atoms with Gasteiger partial charge in [0.25, 0.3) is 0 Å². The predicted octanol–water partition coefficient (Wildman–Crippen LogP) is 4.57. The molecule has 1 amide bonds. The van der Waals surface area contributed by atoms with E-state index in [0.717, 1.165) is 38.1 Å². The largest absolute Gasteiger partial charge is 0.496 e. The topological polar surface area (TPSA) is 57.4 Å². The summed E-state index contributed by atoms with van der Waals surface area (Å²) in [5, 5.41) is 4.52. The Morgan fingerprint density at radius 2 is 2.09 bits per heavy atom. The third kappa shape index (κ3) is 4.06. The number of nitrogens with zero attached hydrogens (tertiary/aromatic N) is 1. The molecule has 2 aromatic carbocycles. The van der Waals surface area contributed by atoms with E-state index in [2.05, 4.69) is 71.7 Å². The number of carbonyl (C=O) groups is 1. The number of fused-ring (bicyclic) bond motifs is 2. The van der Waals surface area contributed by atoms with Crippen molar-refractivity contribution >= 4 is 22.4 Å². The van der Waals surface area contributed by atoms with Gasteiger partial charge in [-0.3, -0.25) is 9.69 Å². The summed E-state index contributed by atoms with van der Waals surface area (Å²) in [7, 11) is 1.73. The first-order valence-corrected chi connectivity index (χ1v) is 12.1. The number of hydrogen-bond acceptors (Lipinski definition) is 3. The smallest absolute Gasteiger partial charge is 0.228 e. The number of rotatable bonds is 7. The van der Waals surface area contributed by atoms with Crippen molar-refractivity contribution in [2.45, 2.75) is 45.2 Å². The molecule has 0 saturated carbocycles. The van der Waals surface area contributed by atoms with Crippen LogP contribution in [0.1, 0.15) is 37.0 Å². The molecule has 33 heavy (non-hydrogen) atoms. The molecule has 5 heteroatoms. The molecular weight excluding hydrogens is 410 g/mol. The number of aromatic nitrogens is 1. The average molecular weight is 444 g/mol. The Hall–Kier alpha value is -3.05. The zero-order valence-electron chi connectivity index (χ0n) is 19.7. The number of methoxy groups -OCH3 is 1. The Balaban J connectivity index is 1.48. The fraction of sp³-hybridized carbons (Fsp3) is 0.393. The van der Waals surface area contributed by atoms with Crippen LogP contribution in [0.3, 0.4) is 0 Å². The molecule has 5 nitrogen and oxygen atoms in total. The van der Waals surface area contributed by atoms with E-state index in [1.54, 1.807) is 7.11 Å². The van der Waals surface area contributed by atoms with Gasteiger partial charge in [-0.1, -0.05) is 43.3 Å². The molecule has 0 radical (unpaired) electrons. The first-order chi connectivity index (χ1) is 16.1. The van der Waals surface area contributed by atoms with Crippen molar-refractivity contribution in [1.29, 1.82) is 0 Å².